The first-order valence-electron chi connectivity index (χ1n) is 9.16. The van der Waals surface area contributed by atoms with Crippen LogP contribution in [0.2, 0.25) is 5.02 Å². The number of benzene rings is 2. The zero-order valence-electron chi connectivity index (χ0n) is 15.3. The van der Waals surface area contributed by atoms with Crippen molar-refractivity contribution < 1.29 is 4.74 Å². The van der Waals surface area contributed by atoms with Crippen LogP contribution in [0, 0.1) is 6.92 Å². The quantitative estimate of drug-likeness (QED) is 0.473. The summed E-state index contributed by atoms with van der Waals surface area (Å²) in [6.45, 7) is 6.74. The van der Waals surface area contributed by atoms with Crippen LogP contribution in [0.5, 0.6) is 5.75 Å². The van der Waals surface area contributed by atoms with Gasteiger partial charge in [-0.15, -0.1) is 0 Å². The van der Waals surface area contributed by atoms with Gasteiger partial charge in [0.1, 0.15) is 5.75 Å². The smallest absolute Gasteiger partial charge is 0.121 e. The molecule has 2 aromatic rings. The highest BCUT2D eigenvalue weighted by Crippen LogP contribution is 2.20. The molecule has 4 heteroatoms. The molecule has 0 fully saturated rings. The normalized spacial score (nSPS) is 10.5. The van der Waals surface area contributed by atoms with Crippen LogP contribution in [0.3, 0.4) is 0 Å². The molecule has 0 heterocycles. The molecule has 0 saturated heterocycles. The van der Waals surface area contributed by atoms with Crippen LogP contribution in [-0.4, -0.2) is 19.7 Å². The fraction of sp³-hybridized carbons (Fsp3) is 0.429. The summed E-state index contributed by atoms with van der Waals surface area (Å²) in [4.78, 5) is 0. The van der Waals surface area contributed by atoms with Gasteiger partial charge in [0.2, 0.25) is 0 Å². The molecule has 0 aliphatic heterocycles. The number of ether oxygens (including phenoxy) is 1. The number of rotatable bonds is 11. The second-order valence-electron chi connectivity index (χ2n) is 6.25. The summed E-state index contributed by atoms with van der Waals surface area (Å²) in [6, 6.07) is 14.1. The summed E-state index contributed by atoms with van der Waals surface area (Å²) in [6.07, 6.45) is 4.89. The van der Waals surface area contributed by atoms with E-state index < -0.39 is 0 Å². The third kappa shape index (κ3) is 7.27. The zero-order chi connectivity index (χ0) is 17.9. The molecular weight excluding hydrogens is 332 g/mol. The van der Waals surface area contributed by atoms with Crippen LogP contribution >= 0.6 is 11.6 Å². The van der Waals surface area contributed by atoms with Crippen molar-refractivity contribution in [1.82, 2.24) is 0 Å². The molecule has 2 N–H and O–H groups in total. The molecule has 0 atom stereocenters. The van der Waals surface area contributed by atoms with Gasteiger partial charge in [-0.1, -0.05) is 49.9 Å². The van der Waals surface area contributed by atoms with Crippen LogP contribution in [0.15, 0.2) is 42.5 Å². The van der Waals surface area contributed by atoms with Crippen LogP contribution < -0.4 is 15.4 Å². The van der Waals surface area contributed by atoms with Crippen LogP contribution in [-0.2, 0) is 0 Å². The molecular formula is C21H29ClN2O. The lowest BCUT2D eigenvalue weighted by Crippen LogP contribution is -2.14. The van der Waals surface area contributed by atoms with E-state index in [-0.39, 0.29) is 0 Å². The van der Waals surface area contributed by atoms with Crippen LogP contribution in [0.1, 0.15) is 38.2 Å². The molecule has 0 bridgehead atoms. The van der Waals surface area contributed by atoms with E-state index in [1.807, 2.05) is 30.3 Å². The van der Waals surface area contributed by atoms with Gasteiger partial charge in [0.05, 0.1) is 6.61 Å². The predicted molar refractivity (Wildman–Crippen MR) is 109 cm³/mol. The Bertz CT molecular complexity index is 646. The van der Waals surface area contributed by atoms with Crippen molar-refractivity contribution in [3.8, 4) is 5.75 Å². The van der Waals surface area contributed by atoms with Crippen molar-refractivity contribution in [3.05, 3.63) is 53.1 Å². The fourth-order valence-electron chi connectivity index (χ4n) is 2.60. The Morgan fingerprint density at radius 2 is 1.80 bits per heavy atom. The minimum absolute atomic E-state index is 0.754. The minimum Gasteiger partial charge on any atom is -0.494 e. The van der Waals surface area contributed by atoms with Crippen molar-refractivity contribution in [2.75, 3.05) is 30.3 Å². The Morgan fingerprint density at radius 1 is 0.960 bits per heavy atom. The van der Waals surface area contributed by atoms with Crippen LogP contribution in [0.25, 0.3) is 0 Å². The van der Waals surface area contributed by atoms with Crippen molar-refractivity contribution in [3.63, 3.8) is 0 Å². The number of aryl methyl sites for hydroxylation is 1. The van der Waals surface area contributed by atoms with E-state index in [4.69, 9.17) is 16.3 Å². The van der Waals surface area contributed by atoms with Gasteiger partial charge in [-0.25, -0.2) is 0 Å². The van der Waals surface area contributed by atoms with E-state index in [0.29, 0.717) is 0 Å². The van der Waals surface area contributed by atoms with E-state index in [1.54, 1.807) is 0 Å². The van der Waals surface area contributed by atoms with E-state index >= 15 is 0 Å². The van der Waals surface area contributed by atoms with Crippen molar-refractivity contribution >= 4 is 23.0 Å². The molecule has 0 aliphatic rings. The van der Waals surface area contributed by atoms with Gasteiger partial charge >= 0.3 is 0 Å². The molecule has 0 saturated carbocycles. The van der Waals surface area contributed by atoms with Crippen LogP contribution in [0.4, 0.5) is 11.4 Å². The minimum atomic E-state index is 0.754. The molecule has 2 aromatic carbocycles. The third-order valence-electron chi connectivity index (χ3n) is 4.07. The maximum Gasteiger partial charge on any atom is 0.121 e. The molecule has 0 amide bonds. The second kappa shape index (κ2) is 10.9. The highest BCUT2D eigenvalue weighted by molar-refractivity contribution is 6.30. The number of unbranched alkanes of at least 4 members (excludes halogenated alkanes) is 3. The second-order valence-corrected chi connectivity index (χ2v) is 6.69. The van der Waals surface area contributed by atoms with Crippen molar-refractivity contribution in [2.45, 2.75) is 39.5 Å². The summed E-state index contributed by atoms with van der Waals surface area (Å²) in [5.74, 6) is 0.931. The Balaban J connectivity index is 1.71. The van der Waals surface area contributed by atoms with E-state index in [0.717, 1.165) is 48.3 Å². The molecule has 0 spiro atoms. The predicted octanol–water partition coefficient (Wildman–Crippen LogP) is 6.13. The first kappa shape index (κ1) is 19.5. The molecule has 0 unspecified atom stereocenters. The lowest BCUT2D eigenvalue weighted by Gasteiger charge is -2.12. The average Bonchev–Trinajstić information content (AvgIpc) is 2.62. The Labute approximate surface area is 156 Å². The molecule has 136 valence electrons. The Kier molecular flexibility index (Phi) is 8.47. The summed E-state index contributed by atoms with van der Waals surface area (Å²) < 4.78 is 5.83. The molecule has 3 nitrogen and oxygen atoms in total. The lowest BCUT2D eigenvalue weighted by atomic mass is 10.2. The monoisotopic (exact) mass is 360 g/mol. The standard InChI is InChI=1S/C21H29ClN2O/c1-3-4-5-6-14-25-20-9-7-8-19(16-20)23-12-13-24-21-15-18(22)11-10-17(21)2/h7-11,15-16,23-24H,3-6,12-14H2,1-2H3. The van der Waals surface area contributed by atoms with Gasteiger partial charge < -0.3 is 15.4 Å². The zero-order valence-corrected chi connectivity index (χ0v) is 16.0. The molecule has 0 aliphatic carbocycles. The van der Waals surface area contributed by atoms with Gasteiger partial charge in [-0.2, -0.15) is 0 Å². The van der Waals surface area contributed by atoms with Crippen molar-refractivity contribution in [2.24, 2.45) is 0 Å². The van der Waals surface area contributed by atoms with Gasteiger partial charge in [0.25, 0.3) is 0 Å². The van der Waals surface area contributed by atoms with Gasteiger partial charge in [-0.05, 0) is 43.2 Å². The topological polar surface area (TPSA) is 33.3 Å². The highest BCUT2D eigenvalue weighted by atomic mass is 35.5. The first-order valence-corrected chi connectivity index (χ1v) is 9.53. The molecule has 25 heavy (non-hydrogen) atoms. The third-order valence-corrected chi connectivity index (χ3v) is 4.30. The van der Waals surface area contributed by atoms with Gasteiger partial charge in [0, 0.05) is 35.6 Å². The van der Waals surface area contributed by atoms with Gasteiger partial charge in [-0.3, -0.25) is 0 Å². The van der Waals surface area contributed by atoms with E-state index in [1.165, 1.54) is 24.8 Å². The van der Waals surface area contributed by atoms with Crippen molar-refractivity contribution in [1.29, 1.82) is 0 Å². The van der Waals surface area contributed by atoms with E-state index in [2.05, 4.69) is 36.6 Å². The number of nitrogens with one attached hydrogen (secondary N) is 2. The maximum absolute atomic E-state index is 6.04. The number of halogens is 1. The molecule has 2 rings (SSSR count). The maximum atomic E-state index is 6.04. The van der Waals surface area contributed by atoms with E-state index in [9.17, 15) is 0 Å². The largest absolute Gasteiger partial charge is 0.494 e. The highest BCUT2D eigenvalue weighted by Gasteiger charge is 2.00. The summed E-state index contributed by atoms with van der Waals surface area (Å²) in [7, 11) is 0. The average molecular weight is 361 g/mol. The Morgan fingerprint density at radius 3 is 2.64 bits per heavy atom. The number of anilines is 2. The fourth-order valence-corrected chi connectivity index (χ4v) is 2.78. The molecule has 0 radical (unpaired) electrons. The van der Waals surface area contributed by atoms with Gasteiger partial charge in [0.15, 0.2) is 0 Å². The Hall–Kier alpha value is -1.87. The number of hydrogen-bond donors (Lipinski definition) is 2. The summed E-state index contributed by atoms with van der Waals surface area (Å²) >= 11 is 6.04. The SMILES string of the molecule is CCCCCCOc1cccc(NCCNc2cc(Cl)ccc2C)c1. The summed E-state index contributed by atoms with van der Waals surface area (Å²) in [5, 5.41) is 7.59. The molecule has 0 aromatic heterocycles. The number of hydrogen-bond acceptors (Lipinski definition) is 3. The first-order chi connectivity index (χ1) is 12.2. The lowest BCUT2D eigenvalue weighted by molar-refractivity contribution is 0.305. The summed E-state index contributed by atoms with van der Waals surface area (Å²) in [5.41, 5.74) is 3.36.